The normalized spacial score (nSPS) is 11.3. The van der Waals surface area contributed by atoms with Gasteiger partial charge in [0.05, 0.1) is 13.2 Å². The molecule has 0 atom stereocenters. The van der Waals surface area contributed by atoms with Gasteiger partial charge in [0.2, 0.25) is 0 Å². The first kappa shape index (κ1) is 21.5. The number of ether oxygens (including phenoxy) is 2. The number of carbonyl (C=O) groups excluding carboxylic acids is 2. The lowest BCUT2D eigenvalue weighted by atomic mass is 10.2. The summed E-state index contributed by atoms with van der Waals surface area (Å²) in [6.45, 7) is 16.1. The maximum atomic E-state index is 12.0. The first-order chi connectivity index (χ1) is 10.6. The van der Waals surface area contributed by atoms with Gasteiger partial charge in [-0.25, -0.2) is 9.59 Å². The van der Waals surface area contributed by atoms with E-state index in [1.807, 2.05) is 55.4 Å². The molecule has 2 amide bonds. The highest BCUT2D eigenvalue weighted by Gasteiger charge is 2.22. The van der Waals surface area contributed by atoms with Crippen molar-refractivity contribution in [1.82, 2.24) is 9.80 Å². The molecule has 0 aliphatic carbocycles. The number of carbonyl (C=O) groups is 2. The van der Waals surface area contributed by atoms with Gasteiger partial charge in [-0.3, -0.25) is 0 Å². The van der Waals surface area contributed by atoms with Crippen molar-refractivity contribution in [2.75, 3.05) is 13.2 Å². The van der Waals surface area contributed by atoms with Gasteiger partial charge in [0.15, 0.2) is 0 Å². The van der Waals surface area contributed by atoms with Crippen LogP contribution in [0.25, 0.3) is 0 Å². The highest BCUT2D eigenvalue weighted by atomic mass is 16.6. The van der Waals surface area contributed by atoms with Gasteiger partial charge in [0.25, 0.3) is 0 Å². The van der Waals surface area contributed by atoms with Crippen LogP contribution in [-0.4, -0.2) is 59.4 Å². The molecule has 0 radical (unpaired) electrons. The Balaban J connectivity index is 4.14. The molecule has 0 aromatic heterocycles. The van der Waals surface area contributed by atoms with Gasteiger partial charge >= 0.3 is 12.2 Å². The molecule has 0 aromatic carbocycles. The second-order valence-corrected chi connectivity index (χ2v) is 6.77. The van der Waals surface area contributed by atoms with Crippen molar-refractivity contribution < 1.29 is 19.1 Å². The summed E-state index contributed by atoms with van der Waals surface area (Å²) in [5.74, 6) is 0. The molecule has 0 N–H and O–H groups in total. The topological polar surface area (TPSA) is 59.1 Å². The molecule has 0 saturated carbocycles. The first-order valence-electron chi connectivity index (χ1n) is 8.49. The lowest BCUT2D eigenvalue weighted by molar-refractivity contribution is 0.0599. The average molecular weight is 330 g/mol. The highest BCUT2D eigenvalue weighted by Crippen LogP contribution is 2.09. The Kier molecular flexibility index (Phi) is 9.68. The van der Waals surface area contributed by atoms with Gasteiger partial charge in [-0.2, -0.15) is 0 Å². The number of amides is 2. The molecular formula is C17H34N2O4. The predicted molar refractivity (Wildman–Crippen MR) is 91.5 cm³/mol. The zero-order valence-electron chi connectivity index (χ0n) is 16.0. The van der Waals surface area contributed by atoms with Crippen LogP contribution in [0.15, 0.2) is 0 Å². The summed E-state index contributed by atoms with van der Waals surface area (Å²) in [5, 5.41) is 0. The quantitative estimate of drug-likeness (QED) is 0.634. The van der Waals surface area contributed by atoms with E-state index in [0.717, 1.165) is 0 Å². The number of hydrogen-bond acceptors (Lipinski definition) is 4. The minimum atomic E-state index is -0.327. The van der Waals surface area contributed by atoms with Gasteiger partial charge in [0.1, 0.15) is 0 Å². The Morgan fingerprint density at radius 2 is 0.913 bits per heavy atom. The van der Waals surface area contributed by atoms with E-state index in [2.05, 4.69) is 0 Å². The minimum absolute atomic E-state index is 0.0889. The number of nitrogens with zero attached hydrogens (tertiary/aromatic N) is 2. The van der Waals surface area contributed by atoms with Crippen molar-refractivity contribution >= 4 is 12.2 Å². The molecular weight excluding hydrogens is 296 g/mol. The fourth-order valence-corrected chi connectivity index (χ4v) is 2.56. The molecule has 6 nitrogen and oxygen atoms in total. The van der Waals surface area contributed by atoms with Gasteiger partial charge in [0, 0.05) is 30.6 Å². The Labute approximate surface area is 141 Å². The summed E-state index contributed by atoms with van der Waals surface area (Å²) >= 11 is 0. The van der Waals surface area contributed by atoms with E-state index in [4.69, 9.17) is 9.47 Å². The summed E-state index contributed by atoms with van der Waals surface area (Å²) in [6.07, 6.45) is -0.162. The van der Waals surface area contributed by atoms with Gasteiger partial charge < -0.3 is 19.3 Å². The molecule has 0 aliphatic heterocycles. The van der Waals surface area contributed by atoms with E-state index in [-0.39, 0.29) is 49.6 Å². The largest absolute Gasteiger partial charge is 0.449 e. The predicted octanol–water partition coefficient (Wildman–Crippen LogP) is 3.89. The van der Waals surface area contributed by atoms with Crippen molar-refractivity contribution in [3.05, 3.63) is 0 Å². The van der Waals surface area contributed by atoms with E-state index in [1.54, 1.807) is 9.80 Å². The van der Waals surface area contributed by atoms with Crippen molar-refractivity contribution in [2.45, 2.75) is 86.0 Å². The number of rotatable bonds is 8. The highest BCUT2D eigenvalue weighted by molar-refractivity contribution is 5.68. The third kappa shape index (κ3) is 7.57. The van der Waals surface area contributed by atoms with Crippen LogP contribution >= 0.6 is 0 Å². The van der Waals surface area contributed by atoms with E-state index in [9.17, 15) is 9.59 Å². The summed E-state index contributed by atoms with van der Waals surface area (Å²) in [4.78, 5) is 27.4. The van der Waals surface area contributed by atoms with Crippen LogP contribution in [0.4, 0.5) is 9.59 Å². The van der Waals surface area contributed by atoms with Gasteiger partial charge in [-0.1, -0.05) is 0 Å². The van der Waals surface area contributed by atoms with Gasteiger partial charge in [-0.15, -0.1) is 0 Å². The van der Waals surface area contributed by atoms with Crippen LogP contribution in [-0.2, 0) is 9.47 Å². The van der Waals surface area contributed by atoms with Crippen molar-refractivity contribution in [1.29, 1.82) is 0 Å². The van der Waals surface area contributed by atoms with E-state index < -0.39 is 0 Å². The zero-order chi connectivity index (χ0) is 18.2. The van der Waals surface area contributed by atoms with E-state index in [0.29, 0.717) is 6.42 Å². The maximum absolute atomic E-state index is 12.0. The van der Waals surface area contributed by atoms with Crippen LogP contribution in [0.2, 0.25) is 0 Å². The molecule has 0 bridgehead atoms. The lowest BCUT2D eigenvalue weighted by Gasteiger charge is -2.30. The van der Waals surface area contributed by atoms with E-state index in [1.165, 1.54) is 0 Å². The van der Waals surface area contributed by atoms with Crippen LogP contribution in [0.5, 0.6) is 0 Å². The second-order valence-electron chi connectivity index (χ2n) is 6.77. The lowest BCUT2D eigenvalue weighted by Crippen LogP contribution is -2.43. The summed E-state index contributed by atoms with van der Waals surface area (Å²) < 4.78 is 10.5. The maximum Gasteiger partial charge on any atom is 0.410 e. The third-order valence-electron chi connectivity index (χ3n) is 3.39. The van der Waals surface area contributed by atoms with Crippen LogP contribution in [0.3, 0.4) is 0 Å². The zero-order valence-corrected chi connectivity index (χ0v) is 16.0. The molecule has 0 heterocycles. The van der Waals surface area contributed by atoms with Crippen LogP contribution in [0.1, 0.15) is 61.8 Å². The van der Waals surface area contributed by atoms with Crippen molar-refractivity contribution in [2.24, 2.45) is 0 Å². The molecule has 0 spiro atoms. The third-order valence-corrected chi connectivity index (χ3v) is 3.39. The fraction of sp³-hybridized carbons (Fsp3) is 0.882. The number of hydrogen-bond donors (Lipinski definition) is 0. The van der Waals surface area contributed by atoms with E-state index >= 15 is 0 Å². The summed E-state index contributed by atoms with van der Waals surface area (Å²) in [5.41, 5.74) is 0. The minimum Gasteiger partial charge on any atom is -0.449 e. The molecule has 23 heavy (non-hydrogen) atoms. The second kappa shape index (κ2) is 10.3. The molecule has 0 aliphatic rings. The summed E-state index contributed by atoms with van der Waals surface area (Å²) in [6, 6.07) is 0.355. The Hall–Kier alpha value is -1.46. The standard InChI is InChI=1S/C17H34N2O4/c1-12(2)18(13(3)4)16(20)22-10-9-11-23-17(21)19(14(5)6)15(7)8/h12-15H,9-11H2,1-8H3. The molecule has 0 unspecified atom stereocenters. The first-order valence-corrected chi connectivity index (χ1v) is 8.49. The molecule has 0 aromatic rings. The van der Waals surface area contributed by atoms with Crippen LogP contribution in [0, 0.1) is 0 Å². The Bertz CT molecular complexity index is 318. The smallest absolute Gasteiger partial charge is 0.410 e. The van der Waals surface area contributed by atoms with Crippen molar-refractivity contribution in [3.63, 3.8) is 0 Å². The monoisotopic (exact) mass is 330 g/mol. The van der Waals surface area contributed by atoms with Crippen molar-refractivity contribution in [3.8, 4) is 0 Å². The SMILES string of the molecule is CC(C)N(C(=O)OCCCOC(=O)N(C(C)C)C(C)C)C(C)C. The Morgan fingerprint density at radius 1 is 0.652 bits per heavy atom. The average Bonchev–Trinajstić information content (AvgIpc) is 2.36. The molecule has 0 rings (SSSR count). The molecule has 6 heteroatoms. The van der Waals surface area contributed by atoms with Crippen LogP contribution < -0.4 is 0 Å². The van der Waals surface area contributed by atoms with Gasteiger partial charge in [-0.05, 0) is 55.4 Å². The molecule has 0 saturated heterocycles. The Morgan fingerprint density at radius 3 is 1.13 bits per heavy atom. The fourth-order valence-electron chi connectivity index (χ4n) is 2.56. The molecule has 0 fully saturated rings. The molecule has 136 valence electrons. The summed E-state index contributed by atoms with van der Waals surface area (Å²) in [7, 11) is 0.